The smallest absolute Gasteiger partial charge is 0.340 e. The van der Waals surface area contributed by atoms with Crippen molar-refractivity contribution in [1.29, 1.82) is 0 Å². The van der Waals surface area contributed by atoms with Gasteiger partial charge in [-0.25, -0.2) is 4.79 Å². The van der Waals surface area contributed by atoms with Crippen LogP contribution in [0.1, 0.15) is 29.4 Å². The van der Waals surface area contributed by atoms with E-state index in [9.17, 15) is 14.4 Å². The number of ether oxygens (including phenoxy) is 1. The largest absolute Gasteiger partial charge is 0.462 e. The highest BCUT2D eigenvalue weighted by Crippen LogP contribution is 2.23. The molecule has 27 heavy (non-hydrogen) atoms. The number of esters is 1. The molecule has 1 unspecified atom stereocenters. The number of pyridine rings is 1. The van der Waals surface area contributed by atoms with Gasteiger partial charge in [-0.15, -0.1) is 0 Å². The van der Waals surface area contributed by atoms with E-state index in [2.05, 4.69) is 10.3 Å². The predicted octanol–water partition coefficient (Wildman–Crippen LogP) is 2.25. The number of aromatic nitrogens is 1. The molecule has 0 spiro atoms. The summed E-state index contributed by atoms with van der Waals surface area (Å²) >= 11 is 0. The molecular formula is C20H21N3O4. The number of para-hydroxylation sites is 1. The topological polar surface area (TPSA) is 88.6 Å². The van der Waals surface area contributed by atoms with E-state index >= 15 is 0 Å². The number of hydrogen-bond acceptors (Lipinski definition) is 5. The van der Waals surface area contributed by atoms with Gasteiger partial charge in [-0.05, 0) is 31.2 Å². The first-order valence-corrected chi connectivity index (χ1v) is 8.83. The third-order valence-corrected chi connectivity index (χ3v) is 4.34. The molecule has 0 bridgehead atoms. The summed E-state index contributed by atoms with van der Waals surface area (Å²) in [6.07, 6.45) is 1.81. The molecule has 2 heterocycles. The number of anilines is 1. The number of nitrogens with one attached hydrogen (secondary N) is 1. The van der Waals surface area contributed by atoms with E-state index in [0.29, 0.717) is 24.3 Å². The molecule has 1 aliphatic rings. The average molecular weight is 367 g/mol. The quantitative estimate of drug-likeness (QED) is 0.791. The monoisotopic (exact) mass is 367 g/mol. The number of rotatable bonds is 6. The Labute approximate surface area is 157 Å². The highest BCUT2D eigenvalue weighted by molar-refractivity contribution is 6.03. The van der Waals surface area contributed by atoms with Crippen LogP contribution in [0, 0.1) is 5.92 Å². The van der Waals surface area contributed by atoms with Crippen LogP contribution in [-0.2, 0) is 20.9 Å². The number of hydrogen-bond donors (Lipinski definition) is 1. The second-order valence-electron chi connectivity index (χ2n) is 6.25. The molecule has 0 aliphatic carbocycles. The van der Waals surface area contributed by atoms with Gasteiger partial charge in [0.15, 0.2) is 0 Å². The summed E-state index contributed by atoms with van der Waals surface area (Å²) in [5.41, 5.74) is 1.46. The zero-order valence-electron chi connectivity index (χ0n) is 15.1. The van der Waals surface area contributed by atoms with Crippen LogP contribution in [-0.4, -0.2) is 40.8 Å². The minimum Gasteiger partial charge on any atom is -0.462 e. The first-order chi connectivity index (χ1) is 13.1. The van der Waals surface area contributed by atoms with Crippen LogP contribution in [0.4, 0.5) is 5.69 Å². The van der Waals surface area contributed by atoms with Gasteiger partial charge in [-0.2, -0.15) is 0 Å². The van der Waals surface area contributed by atoms with Crippen molar-refractivity contribution in [3.8, 4) is 0 Å². The van der Waals surface area contributed by atoms with Crippen LogP contribution in [0.25, 0.3) is 0 Å². The molecule has 7 heteroatoms. The van der Waals surface area contributed by atoms with Gasteiger partial charge < -0.3 is 15.0 Å². The Morgan fingerprint density at radius 1 is 1.22 bits per heavy atom. The lowest BCUT2D eigenvalue weighted by atomic mass is 10.1. The maximum Gasteiger partial charge on any atom is 0.340 e. The molecule has 1 aromatic carbocycles. The first-order valence-electron chi connectivity index (χ1n) is 8.83. The van der Waals surface area contributed by atoms with Gasteiger partial charge in [-0.3, -0.25) is 14.6 Å². The van der Waals surface area contributed by atoms with Gasteiger partial charge in [-0.1, -0.05) is 18.2 Å². The number of likely N-dealkylation sites (tertiary alicyclic amines) is 1. The second-order valence-corrected chi connectivity index (χ2v) is 6.25. The zero-order valence-corrected chi connectivity index (χ0v) is 15.1. The molecule has 1 N–H and O–H groups in total. The Hall–Kier alpha value is -3.22. The van der Waals surface area contributed by atoms with Crippen molar-refractivity contribution in [2.45, 2.75) is 19.9 Å². The van der Waals surface area contributed by atoms with E-state index in [0.717, 1.165) is 5.69 Å². The minimum atomic E-state index is -0.493. The molecule has 1 aromatic heterocycles. The van der Waals surface area contributed by atoms with E-state index < -0.39 is 11.9 Å². The summed E-state index contributed by atoms with van der Waals surface area (Å²) in [5.74, 6) is -1.34. The van der Waals surface area contributed by atoms with E-state index in [1.54, 1.807) is 42.3 Å². The van der Waals surface area contributed by atoms with Crippen LogP contribution in [0.15, 0.2) is 48.7 Å². The SMILES string of the molecule is CCOC(=O)c1ccccc1NC(=O)C1CC(=O)N(Cc2ccccn2)C1. The number of carbonyl (C=O) groups is 3. The average Bonchev–Trinajstić information content (AvgIpc) is 3.04. The molecule has 1 aliphatic heterocycles. The summed E-state index contributed by atoms with van der Waals surface area (Å²) < 4.78 is 5.02. The predicted molar refractivity (Wildman–Crippen MR) is 98.8 cm³/mol. The molecule has 2 amide bonds. The summed E-state index contributed by atoms with van der Waals surface area (Å²) in [5, 5.41) is 2.76. The van der Waals surface area contributed by atoms with Crippen LogP contribution in [0.5, 0.6) is 0 Å². The fourth-order valence-corrected chi connectivity index (χ4v) is 3.00. The van der Waals surface area contributed by atoms with Crippen molar-refractivity contribution in [3.63, 3.8) is 0 Å². The summed E-state index contributed by atoms with van der Waals surface area (Å²) in [6.45, 7) is 2.67. The Morgan fingerprint density at radius 2 is 2.00 bits per heavy atom. The minimum absolute atomic E-state index is 0.0838. The zero-order chi connectivity index (χ0) is 19.2. The summed E-state index contributed by atoms with van der Waals surface area (Å²) in [6, 6.07) is 12.2. The lowest BCUT2D eigenvalue weighted by molar-refractivity contribution is -0.128. The van der Waals surface area contributed by atoms with Gasteiger partial charge in [0.2, 0.25) is 11.8 Å². The highest BCUT2D eigenvalue weighted by Gasteiger charge is 2.34. The van der Waals surface area contributed by atoms with E-state index in [-0.39, 0.29) is 24.8 Å². The van der Waals surface area contributed by atoms with Crippen molar-refractivity contribution < 1.29 is 19.1 Å². The molecular weight excluding hydrogens is 346 g/mol. The molecule has 140 valence electrons. The van der Waals surface area contributed by atoms with Gasteiger partial charge in [0.25, 0.3) is 0 Å². The van der Waals surface area contributed by atoms with Gasteiger partial charge in [0.05, 0.1) is 36.0 Å². The van der Waals surface area contributed by atoms with Crippen LogP contribution in [0.3, 0.4) is 0 Å². The van der Waals surface area contributed by atoms with Crippen molar-refractivity contribution >= 4 is 23.5 Å². The molecule has 1 saturated heterocycles. The first kappa shape index (κ1) is 18.6. The lowest BCUT2D eigenvalue weighted by Gasteiger charge is -2.16. The van der Waals surface area contributed by atoms with Crippen molar-refractivity contribution in [3.05, 3.63) is 59.9 Å². The normalized spacial score (nSPS) is 16.3. The Balaban J connectivity index is 1.66. The second kappa shape index (κ2) is 8.44. The van der Waals surface area contributed by atoms with Crippen LogP contribution >= 0.6 is 0 Å². The van der Waals surface area contributed by atoms with Gasteiger partial charge >= 0.3 is 5.97 Å². The maximum atomic E-state index is 12.6. The lowest BCUT2D eigenvalue weighted by Crippen LogP contribution is -2.28. The number of benzene rings is 1. The number of amides is 2. The Morgan fingerprint density at radius 3 is 2.74 bits per heavy atom. The standard InChI is InChI=1S/C20H21N3O4/c1-2-27-20(26)16-8-3-4-9-17(16)22-19(25)14-11-18(24)23(12-14)13-15-7-5-6-10-21-15/h3-10,14H,2,11-13H2,1H3,(H,22,25). The molecule has 7 nitrogen and oxygen atoms in total. The van der Waals surface area contributed by atoms with Gasteiger partial charge in [0, 0.05) is 19.2 Å². The molecule has 0 saturated carbocycles. The number of nitrogens with zero attached hydrogens (tertiary/aromatic N) is 2. The van der Waals surface area contributed by atoms with E-state index in [4.69, 9.17) is 4.74 Å². The maximum absolute atomic E-state index is 12.6. The van der Waals surface area contributed by atoms with E-state index in [1.807, 2.05) is 18.2 Å². The summed E-state index contributed by atoms with van der Waals surface area (Å²) in [4.78, 5) is 42.8. The highest BCUT2D eigenvalue weighted by atomic mass is 16.5. The molecule has 2 aromatic rings. The summed E-state index contributed by atoms with van der Waals surface area (Å²) in [7, 11) is 0. The fourth-order valence-electron chi connectivity index (χ4n) is 3.00. The molecule has 1 fully saturated rings. The molecule has 1 atom stereocenters. The Bertz CT molecular complexity index is 838. The van der Waals surface area contributed by atoms with Crippen LogP contribution < -0.4 is 5.32 Å². The fraction of sp³-hybridized carbons (Fsp3) is 0.300. The molecule has 0 radical (unpaired) electrons. The van der Waals surface area contributed by atoms with Gasteiger partial charge in [0.1, 0.15) is 0 Å². The van der Waals surface area contributed by atoms with Crippen molar-refractivity contribution in [1.82, 2.24) is 9.88 Å². The van der Waals surface area contributed by atoms with Crippen LogP contribution in [0.2, 0.25) is 0 Å². The molecule has 3 rings (SSSR count). The van der Waals surface area contributed by atoms with Crippen molar-refractivity contribution in [2.24, 2.45) is 5.92 Å². The van der Waals surface area contributed by atoms with Crippen molar-refractivity contribution in [2.75, 3.05) is 18.5 Å². The van der Waals surface area contributed by atoms with E-state index in [1.165, 1.54) is 0 Å². The third kappa shape index (κ3) is 4.49. The Kier molecular flexibility index (Phi) is 5.80. The number of carbonyl (C=O) groups excluding carboxylic acids is 3. The third-order valence-electron chi connectivity index (χ3n) is 4.34.